The minimum absolute atomic E-state index is 0.116. The first-order valence-corrected chi connectivity index (χ1v) is 7.14. The van der Waals surface area contributed by atoms with Gasteiger partial charge >= 0.3 is 0 Å². The number of amides is 1. The zero-order valence-electron chi connectivity index (χ0n) is 10.7. The van der Waals surface area contributed by atoms with Gasteiger partial charge in [0.05, 0.1) is 4.34 Å². The summed E-state index contributed by atoms with van der Waals surface area (Å²) in [5, 5.41) is 5.40. The molecule has 0 fully saturated rings. The molecule has 0 aliphatic heterocycles. The number of thiophene rings is 1. The Balaban J connectivity index is 2.24. The molecule has 1 aromatic heterocycles. The molecule has 1 amide bonds. The molecule has 19 heavy (non-hydrogen) atoms. The van der Waals surface area contributed by atoms with Crippen LogP contribution in [0.15, 0.2) is 29.6 Å². The largest absolute Gasteiger partial charge is 0.378 e. The zero-order valence-corrected chi connectivity index (χ0v) is 12.3. The van der Waals surface area contributed by atoms with E-state index in [2.05, 4.69) is 12.2 Å². The van der Waals surface area contributed by atoms with Crippen molar-refractivity contribution in [2.75, 3.05) is 5.32 Å². The Morgan fingerprint density at radius 3 is 2.79 bits per heavy atom. The summed E-state index contributed by atoms with van der Waals surface area (Å²) in [6, 6.07) is 7.55. The van der Waals surface area contributed by atoms with Crippen molar-refractivity contribution in [3.8, 4) is 0 Å². The summed E-state index contributed by atoms with van der Waals surface area (Å²) in [6.07, 6.45) is 0. The van der Waals surface area contributed by atoms with Crippen LogP contribution in [-0.2, 0) is 0 Å². The van der Waals surface area contributed by atoms with Gasteiger partial charge in [-0.05, 0) is 48.6 Å². The first-order valence-electron chi connectivity index (χ1n) is 5.89. The third-order valence-electron chi connectivity index (χ3n) is 3.06. The Morgan fingerprint density at radius 2 is 2.21 bits per heavy atom. The number of rotatable bonds is 4. The quantitative estimate of drug-likeness (QED) is 0.896. The molecule has 1 unspecified atom stereocenters. The van der Waals surface area contributed by atoms with E-state index in [1.54, 1.807) is 6.07 Å². The van der Waals surface area contributed by atoms with Gasteiger partial charge in [0.2, 0.25) is 5.91 Å². The van der Waals surface area contributed by atoms with Gasteiger partial charge in [0, 0.05) is 17.3 Å². The molecule has 100 valence electrons. The normalized spacial score (nSPS) is 12.2. The van der Waals surface area contributed by atoms with E-state index in [0.29, 0.717) is 5.56 Å². The van der Waals surface area contributed by atoms with E-state index in [4.69, 9.17) is 17.3 Å². The molecule has 0 aliphatic rings. The van der Waals surface area contributed by atoms with E-state index in [0.717, 1.165) is 21.2 Å². The Labute approximate surface area is 121 Å². The fourth-order valence-corrected chi connectivity index (χ4v) is 2.91. The molecule has 0 radical (unpaired) electrons. The van der Waals surface area contributed by atoms with E-state index in [1.165, 1.54) is 11.3 Å². The highest BCUT2D eigenvalue weighted by molar-refractivity contribution is 7.14. The second-order valence-corrected chi connectivity index (χ2v) is 5.94. The smallest absolute Gasteiger partial charge is 0.249 e. The third kappa shape index (κ3) is 3.08. The van der Waals surface area contributed by atoms with Crippen LogP contribution in [0.3, 0.4) is 0 Å². The number of hydrogen-bond acceptors (Lipinski definition) is 3. The maximum atomic E-state index is 11.3. The SMILES string of the molecule is Cc1c(NC(C)c2csc(Cl)c2)cccc1C(N)=O. The highest BCUT2D eigenvalue weighted by atomic mass is 35.5. The summed E-state index contributed by atoms with van der Waals surface area (Å²) >= 11 is 7.44. The molecule has 2 rings (SSSR count). The van der Waals surface area contributed by atoms with Crippen molar-refractivity contribution in [2.24, 2.45) is 5.73 Å². The Bertz CT molecular complexity index is 609. The molecule has 0 bridgehead atoms. The highest BCUT2D eigenvalue weighted by Gasteiger charge is 2.12. The lowest BCUT2D eigenvalue weighted by Gasteiger charge is -2.17. The van der Waals surface area contributed by atoms with Crippen LogP contribution in [0.25, 0.3) is 0 Å². The minimum Gasteiger partial charge on any atom is -0.378 e. The van der Waals surface area contributed by atoms with Gasteiger partial charge in [-0.2, -0.15) is 0 Å². The molecule has 0 saturated heterocycles. The number of hydrogen-bond donors (Lipinski definition) is 2. The van der Waals surface area contributed by atoms with Crippen LogP contribution in [0.4, 0.5) is 5.69 Å². The number of carbonyl (C=O) groups excluding carboxylic acids is 1. The second-order valence-electron chi connectivity index (χ2n) is 4.39. The number of benzene rings is 1. The molecular weight excluding hydrogens is 280 g/mol. The maximum absolute atomic E-state index is 11.3. The molecule has 3 N–H and O–H groups in total. The predicted octanol–water partition coefficient (Wildman–Crippen LogP) is 3.98. The summed E-state index contributed by atoms with van der Waals surface area (Å²) < 4.78 is 0.770. The fourth-order valence-electron chi connectivity index (χ4n) is 1.93. The number of anilines is 1. The van der Waals surface area contributed by atoms with Gasteiger partial charge in [0.25, 0.3) is 0 Å². The van der Waals surface area contributed by atoms with Gasteiger partial charge in [0.1, 0.15) is 0 Å². The topological polar surface area (TPSA) is 55.1 Å². The van der Waals surface area contributed by atoms with E-state index in [1.807, 2.05) is 30.5 Å². The van der Waals surface area contributed by atoms with Crippen LogP contribution in [0.1, 0.15) is 34.5 Å². The molecule has 0 spiro atoms. The predicted molar refractivity (Wildman–Crippen MR) is 81.1 cm³/mol. The van der Waals surface area contributed by atoms with Crippen LogP contribution in [-0.4, -0.2) is 5.91 Å². The van der Waals surface area contributed by atoms with Gasteiger partial charge in [-0.3, -0.25) is 4.79 Å². The monoisotopic (exact) mass is 294 g/mol. The fraction of sp³-hybridized carbons (Fsp3) is 0.214. The van der Waals surface area contributed by atoms with Crippen molar-refractivity contribution in [1.82, 2.24) is 0 Å². The third-order valence-corrected chi connectivity index (χ3v) is 4.17. The summed E-state index contributed by atoms with van der Waals surface area (Å²) in [5.74, 6) is -0.410. The van der Waals surface area contributed by atoms with Crippen LogP contribution in [0, 0.1) is 6.92 Å². The summed E-state index contributed by atoms with van der Waals surface area (Å²) in [6.45, 7) is 3.94. The maximum Gasteiger partial charge on any atom is 0.249 e. The molecule has 2 aromatic rings. The van der Waals surface area contributed by atoms with E-state index < -0.39 is 5.91 Å². The van der Waals surface area contributed by atoms with Crippen molar-refractivity contribution in [1.29, 1.82) is 0 Å². The van der Waals surface area contributed by atoms with Crippen LogP contribution < -0.4 is 11.1 Å². The lowest BCUT2D eigenvalue weighted by atomic mass is 10.0. The molecule has 1 heterocycles. The van der Waals surface area contributed by atoms with Gasteiger partial charge in [-0.1, -0.05) is 17.7 Å². The molecule has 0 saturated carbocycles. The number of nitrogens with one attached hydrogen (secondary N) is 1. The number of nitrogens with two attached hydrogens (primary N) is 1. The van der Waals surface area contributed by atoms with Crippen molar-refractivity contribution in [2.45, 2.75) is 19.9 Å². The molecule has 1 atom stereocenters. The number of carbonyl (C=O) groups is 1. The van der Waals surface area contributed by atoms with Crippen LogP contribution >= 0.6 is 22.9 Å². The van der Waals surface area contributed by atoms with Gasteiger partial charge in [-0.15, -0.1) is 11.3 Å². The summed E-state index contributed by atoms with van der Waals surface area (Å²) in [7, 11) is 0. The first-order chi connectivity index (χ1) is 8.99. The molecule has 0 aliphatic carbocycles. The van der Waals surface area contributed by atoms with Crippen LogP contribution in [0.2, 0.25) is 4.34 Å². The van der Waals surface area contributed by atoms with Crippen LogP contribution in [0.5, 0.6) is 0 Å². The number of halogens is 1. The van der Waals surface area contributed by atoms with Gasteiger partial charge in [0.15, 0.2) is 0 Å². The Morgan fingerprint density at radius 1 is 1.47 bits per heavy atom. The highest BCUT2D eigenvalue weighted by Crippen LogP contribution is 2.28. The average Bonchev–Trinajstić information content (AvgIpc) is 2.78. The van der Waals surface area contributed by atoms with E-state index in [9.17, 15) is 4.79 Å². The summed E-state index contributed by atoms with van der Waals surface area (Å²) in [5.41, 5.74) is 8.78. The minimum atomic E-state index is -0.410. The lowest BCUT2D eigenvalue weighted by Crippen LogP contribution is -2.14. The average molecular weight is 295 g/mol. The first kappa shape index (κ1) is 13.9. The second kappa shape index (κ2) is 5.63. The zero-order chi connectivity index (χ0) is 14.0. The molecule has 1 aromatic carbocycles. The van der Waals surface area contributed by atoms with Crippen molar-refractivity contribution >= 4 is 34.5 Å². The van der Waals surface area contributed by atoms with Crippen molar-refractivity contribution < 1.29 is 4.79 Å². The molecule has 3 nitrogen and oxygen atoms in total. The Kier molecular flexibility index (Phi) is 4.12. The summed E-state index contributed by atoms with van der Waals surface area (Å²) in [4.78, 5) is 11.3. The standard InChI is InChI=1S/C14H15ClN2OS/c1-8-11(14(16)18)4-3-5-12(8)17-9(2)10-6-13(15)19-7-10/h3-7,9,17H,1-2H3,(H2,16,18). The van der Waals surface area contributed by atoms with Crippen molar-refractivity contribution in [3.63, 3.8) is 0 Å². The number of primary amides is 1. The van der Waals surface area contributed by atoms with E-state index >= 15 is 0 Å². The van der Waals surface area contributed by atoms with E-state index in [-0.39, 0.29) is 6.04 Å². The lowest BCUT2D eigenvalue weighted by molar-refractivity contribution is 0.1000. The Hall–Kier alpha value is -1.52. The van der Waals surface area contributed by atoms with Crippen molar-refractivity contribution in [3.05, 3.63) is 50.7 Å². The van der Waals surface area contributed by atoms with Gasteiger partial charge < -0.3 is 11.1 Å². The molecular formula is C14H15ClN2OS. The van der Waals surface area contributed by atoms with Gasteiger partial charge in [-0.25, -0.2) is 0 Å². The molecule has 5 heteroatoms.